The van der Waals surface area contributed by atoms with Crippen molar-refractivity contribution in [2.24, 2.45) is 0 Å². The van der Waals surface area contributed by atoms with Gasteiger partial charge in [-0.15, -0.1) is 0 Å². The Bertz CT molecular complexity index is 656. The van der Waals surface area contributed by atoms with E-state index in [2.05, 4.69) is 20.9 Å². The van der Waals surface area contributed by atoms with Crippen molar-refractivity contribution >= 4 is 33.5 Å². The number of carbonyl (C=O) groups is 2. The first kappa shape index (κ1) is 14.2. The number of anilines is 1. The lowest BCUT2D eigenvalue weighted by molar-refractivity contribution is 0.0696. The van der Waals surface area contributed by atoms with Crippen LogP contribution in [0.3, 0.4) is 0 Å². The summed E-state index contributed by atoms with van der Waals surface area (Å²) in [4.78, 5) is 28.6. The van der Waals surface area contributed by atoms with E-state index in [4.69, 9.17) is 5.11 Å². The Kier molecular flexibility index (Phi) is 4.14. The van der Waals surface area contributed by atoms with Gasteiger partial charge in [0.2, 0.25) is 0 Å². The molecule has 1 amide bonds. The van der Waals surface area contributed by atoms with Gasteiger partial charge in [-0.1, -0.05) is 0 Å². The Morgan fingerprint density at radius 2 is 1.85 bits per heavy atom. The fraction of sp³-hybridized carbons (Fsp3) is 0.0714. The second-order valence-electron chi connectivity index (χ2n) is 4.06. The summed E-state index contributed by atoms with van der Waals surface area (Å²) in [6.45, 7) is 0. The van der Waals surface area contributed by atoms with Gasteiger partial charge in [0.15, 0.2) is 0 Å². The number of halogens is 1. The fourth-order valence-electron chi connectivity index (χ4n) is 1.67. The summed E-state index contributed by atoms with van der Waals surface area (Å²) in [5.41, 5.74) is 1.23. The normalized spacial score (nSPS) is 10.1. The smallest absolute Gasteiger partial charge is 0.335 e. The molecule has 102 valence electrons. The van der Waals surface area contributed by atoms with Crippen LogP contribution in [0.1, 0.15) is 20.7 Å². The molecule has 1 aromatic carbocycles. The van der Waals surface area contributed by atoms with Crippen LogP contribution in [0.2, 0.25) is 0 Å². The monoisotopic (exact) mass is 334 g/mol. The van der Waals surface area contributed by atoms with Crippen molar-refractivity contribution < 1.29 is 14.7 Å². The third-order valence-corrected chi connectivity index (χ3v) is 3.43. The molecule has 0 radical (unpaired) electrons. The van der Waals surface area contributed by atoms with E-state index in [1.165, 1.54) is 17.0 Å². The Balaban J connectivity index is 2.27. The maximum Gasteiger partial charge on any atom is 0.335 e. The van der Waals surface area contributed by atoms with Crippen molar-refractivity contribution in [2.45, 2.75) is 0 Å². The Morgan fingerprint density at radius 1 is 1.20 bits per heavy atom. The quantitative estimate of drug-likeness (QED) is 0.876. The van der Waals surface area contributed by atoms with Crippen molar-refractivity contribution in [3.05, 3.63) is 58.3 Å². The summed E-state index contributed by atoms with van der Waals surface area (Å²) < 4.78 is 0.471. The molecule has 0 atom stereocenters. The van der Waals surface area contributed by atoms with Crippen LogP contribution in [0.5, 0.6) is 0 Å². The van der Waals surface area contributed by atoms with E-state index in [0.717, 1.165) is 0 Å². The Hall–Kier alpha value is -2.21. The van der Waals surface area contributed by atoms with Crippen molar-refractivity contribution in [3.63, 3.8) is 0 Å². The van der Waals surface area contributed by atoms with Crippen LogP contribution in [-0.4, -0.2) is 29.0 Å². The van der Waals surface area contributed by atoms with E-state index < -0.39 is 5.97 Å². The zero-order valence-electron chi connectivity index (χ0n) is 10.6. The zero-order valence-corrected chi connectivity index (χ0v) is 12.2. The molecule has 0 saturated heterocycles. The minimum absolute atomic E-state index is 0.178. The summed E-state index contributed by atoms with van der Waals surface area (Å²) in [7, 11) is 1.62. The highest BCUT2D eigenvalue weighted by Gasteiger charge is 2.16. The number of benzene rings is 1. The van der Waals surface area contributed by atoms with E-state index in [-0.39, 0.29) is 11.5 Å². The number of aromatic nitrogens is 1. The molecular formula is C14H11BrN2O3. The first-order valence-corrected chi connectivity index (χ1v) is 6.52. The summed E-state index contributed by atoms with van der Waals surface area (Å²) in [5, 5.41) is 8.84. The average Bonchev–Trinajstić information content (AvgIpc) is 2.46. The number of carboxylic acid groups (broad SMARTS) is 1. The van der Waals surface area contributed by atoms with Gasteiger partial charge in [0, 0.05) is 18.9 Å². The molecule has 0 saturated carbocycles. The van der Waals surface area contributed by atoms with Crippen LogP contribution in [0.4, 0.5) is 5.69 Å². The Morgan fingerprint density at radius 3 is 2.40 bits per heavy atom. The van der Waals surface area contributed by atoms with Crippen LogP contribution in [0.15, 0.2) is 47.2 Å². The number of pyridine rings is 1. The van der Waals surface area contributed by atoms with Crippen molar-refractivity contribution in [1.82, 2.24) is 4.98 Å². The Labute approximate surface area is 124 Å². The van der Waals surface area contributed by atoms with E-state index in [1.54, 1.807) is 37.5 Å². The number of hydrogen-bond donors (Lipinski definition) is 1. The molecule has 5 nitrogen and oxygen atoms in total. The summed E-state index contributed by atoms with van der Waals surface area (Å²) in [6.07, 6.45) is 1.59. The molecular weight excluding hydrogens is 324 g/mol. The lowest BCUT2D eigenvalue weighted by Gasteiger charge is -2.18. The number of amides is 1. The predicted molar refractivity (Wildman–Crippen MR) is 78.1 cm³/mol. The first-order valence-electron chi connectivity index (χ1n) is 5.72. The number of carboxylic acids is 1. The van der Waals surface area contributed by atoms with Crippen molar-refractivity contribution in [3.8, 4) is 0 Å². The maximum atomic E-state index is 12.3. The van der Waals surface area contributed by atoms with E-state index in [1.807, 2.05) is 0 Å². The number of rotatable bonds is 3. The molecule has 1 aromatic heterocycles. The SMILES string of the molecule is CN(C(=O)c1cccnc1Br)c1ccc(C(=O)O)cc1. The predicted octanol–water partition coefficient (Wildman–Crippen LogP) is 2.82. The summed E-state index contributed by atoms with van der Waals surface area (Å²) in [5.74, 6) is -1.23. The van der Waals surface area contributed by atoms with Gasteiger partial charge in [0.25, 0.3) is 5.91 Å². The molecule has 1 N–H and O–H groups in total. The van der Waals surface area contributed by atoms with Gasteiger partial charge in [-0.25, -0.2) is 9.78 Å². The van der Waals surface area contributed by atoms with E-state index in [9.17, 15) is 9.59 Å². The standard InChI is InChI=1S/C14H11BrN2O3/c1-17(10-6-4-9(5-7-10)14(19)20)13(18)11-3-2-8-16-12(11)15/h2-8H,1H3,(H,19,20). The highest BCUT2D eigenvalue weighted by molar-refractivity contribution is 9.10. The summed E-state index contributed by atoms with van der Waals surface area (Å²) >= 11 is 3.23. The maximum absolute atomic E-state index is 12.3. The molecule has 2 rings (SSSR count). The molecule has 0 fully saturated rings. The largest absolute Gasteiger partial charge is 0.478 e. The first-order chi connectivity index (χ1) is 9.50. The molecule has 20 heavy (non-hydrogen) atoms. The second kappa shape index (κ2) is 5.83. The number of carbonyl (C=O) groups excluding carboxylic acids is 1. The second-order valence-corrected chi connectivity index (χ2v) is 4.81. The topological polar surface area (TPSA) is 70.5 Å². The van der Waals surface area contributed by atoms with Crippen molar-refractivity contribution in [2.75, 3.05) is 11.9 Å². The van der Waals surface area contributed by atoms with Crippen LogP contribution < -0.4 is 4.90 Å². The van der Waals surface area contributed by atoms with Crippen LogP contribution in [-0.2, 0) is 0 Å². The highest BCUT2D eigenvalue weighted by Crippen LogP contribution is 2.20. The third-order valence-electron chi connectivity index (χ3n) is 2.80. The zero-order chi connectivity index (χ0) is 14.7. The molecule has 0 aliphatic carbocycles. The van der Waals surface area contributed by atoms with Gasteiger partial charge in [0.05, 0.1) is 11.1 Å². The number of aromatic carboxylic acids is 1. The number of hydrogen-bond acceptors (Lipinski definition) is 3. The molecule has 6 heteroatoms. The molecule has 0 aliphatic heterocycles. The van der Waals surface area contributed by atoms with Crippen LogP contribution in [0, 0.1) is 0 Å². The summed E-state index contributed by atoms with van der Waals surface area (Å²) in [6, 6.07) is 9.44. The van der Waals surface area contributed by atoms with Crippen LogP contribution in [0.25, 0.3) is 0 Å². The van der Waals surface area contributed by atoms with Gasteiger partial charge in [-0.05, 0) is 52.3 Å². The van der Waals surface area contributed by atoms with Gasteiger partial charge in [0.1, 0.15) is 4.60 Å². The minimum Gasteiger partial charge on any atom is -0.478 e. The van der Waals surface area contributed by atoms with Gasteiger partial charge >= 0.3 is 5.97 Å². The van der Waals surface area contributed by atoms with Gasteiger partial charge in [-0.3, -0.25) is 4.79 Å². The fourth-order valence-corrected chi connectivity index (χ4v) is 2.09. The van der Waals surface area contributed by atoms with Gasteiger partial charge in [-0.2, -0.15) is 0 Å². The molecule has 0 unspecified atom stereocenters. The minimum atomic E-state index is -1.000. The molecule has 0 bridgehead atoms. The lowest BCUT2D eigenvalue weighted by Crippen LogP contribution is -2.26. The van der Waals surface area contributed by atoms with E-state index in [0.29, 0.717) is 15.9 Å². The van der Waals surface area contributed by atoms with Crippen LogP contribution >= 0.6 is 15.9 Å². The third kappa shape index (κ3) is 2.85. The number of nitrogens with zero attached hydrogens (tertiary/aromatic N) is 2. The molecule has 0 spiro atoms. The molecule has 0 aliphatic rings. The van der Waals surface area contributed by atoms with Crippen molar-refractivity contribution in [1.29, 1.82) is 0 Å². The average molecular weight is 335 g/mol. The molecule has 1 heterocycles. The van der Waals surface area contributed by atoms with Gasteiger partial charge < -0.3 is 10.0 Å². The lowest BCUT2D eigenvalue weighted by atomic mass is 10.2. The van der Waals surface area contributed by atoms with E-state index >= 15 is 0 Å². The highest BCUT2D eigenvalue weighted by atomic mass is 79.9. The molecule has 2 aromatic rings.